The lowest BCUT2D eigenvalue weighted by Gasteiger charge is -2.28. The maximum absolute atomic E-state index is 10.3. The van der Waals surface area contributed by atoms with Gasteiger partial charge in [0.25, 0.3) is 0 Å². The fraction of sp³-hybridized carbons (Fsp3) is 0.421. The molecule has 0 aliphatic rings. The number of hydrogen-bond acceptors (Lipinski definition) is 5. The van der Waals surface area contributed by atoms with Gasteiger partial charge in [-0.3, -0.25) is 0 Å². The number of anilines is 1. The molecule has 1 heterocycles. The van der Waals surface area contributed by atoms with Gasteiger partial charge in [0.15, 0.2) is 0 Å². The Labute approximate surface area is 143 Å². The van der Waals surface area contributed by atoms with Crippen molar-refractivity contribution in [1.82, 2.24) is 10.3 Å². The fourth-order valence-corrected chi connectivity index (χ4v) is 2.44. The van der Waals surface area contributed by atoms with E-state index >= 15 is 0 Å². The molecule has 5 heteroatoms. The number of nitrogen functional groups attached to an aromatic ring is 1. The van der Waals surface area contributed by atoms with E-state index in [2.05, 4.69) is 36.3 Å². The van der Waals surface area contributed by atoms with Crippen molar-refractivity contribution in [2.45, 2.75) is 38.3 Å². The summed E-state index contributed by atoms with van der Waals surface area (Å²) >= 11 is 0. The summed E-state index contributed by atoms with van der Waals surface area (Å²) in [5.74, 6) is 1.33. The van der Waals surface area contributed by atoms with Crippen LogP contribution in [0.25, 0.3) is 0 Å². The highest BCUT2D eigenvalue weighted by Gasteiger charge is 2.19. The van der Waals surface area contributed by atoms with Crippen molar-refractivity contribution in [3.8, 4) is 5.75 Å². The molecule has 1 atom stereocenters. The number of nitrogens with two attached hydrogens (primary N) is 1. The topological polar surface area (TPSA) is 80.4 Å². The zero-order valence-corrected chi connectivity index (χ0v) is 14.6. The predicted molar refractivity (Wildman–Crippen MR) is 97.0 cm³/mol. The Balaban J connectivity index is 1.82. The molecule has 2 aromatic rings. The van der Waals surface area contributed by atoms with Crippen molar-refractivity contribution in [2.24, 2.45) is 0 Å². The van der Waals surface area contributed by atoms with Crippen LogP contribution in [0.15, 0.2) is 42.6 Å². The first-order valence-electron chi connectivity index (χ1n) is 8.17. The lowest BCUT2D eigenvalue weighted by atomic mass is 9.94. The Morgan fingerprint density at radius 3 is 2.50 bits per heavy atom. The van der Waals surface area contributed by atoms with Gasteiger partial charge in [-0.25, -0.2) is 4.98 Å². The number of rotatable bonds is 8. The van der Waals surface area contributed by atoms with E-state index in [1.165, 1.54) is 5.56 Å². The standard InChI is InChI=1S/C19H27N3O2/c1-19(2,11-10-14-4-7-16(24-3)8-5-14)22-13-17(23)15-6-9-18(20)21-12-15/h4-9,12,17,22-23H,10-11,13H2,1-3H3,(H2,20,21). The van der Waals surface area contributed by atoms with Crippen LogP contribution in [-0.4, -0.2) is 29.3 Å². The first-order valence-corrected chi connectivity index (χ1v) is 8.17. The molecular weight excluding hydrogens is 302 g/mol. The number of aliphatic hydroxyl groups excluding tert-OH is 1. The Morgan fingerprint density at radius 2 is 1.92 bits per heavy atom. The van der Waals surface area contributed by atoms with E-state index in [1.54, 1.807) is 25.4 Å². The zero-order chi connectivity index (χ0) is 17.6. The first kappa shape index (κ1) is 18.2. The maximum atomic E-state index is 10.3. The average molecular weight is 329 g/mol. The second-order valence-corrected chi connectivity index (χ2v) is 6.65. The van der Waals surface area contributed by atoms with Crippen molar-refractivity contribution < 1.29 is 9.84 Å². The lowest BCUT2D eigenvalue weighted by molar-refractivity contribution is 0.159. The third-order valence-corrected chi connectivity index (χ3v) is 4.17. The van der Waals surface area contributed by atoms with Gasteiger partial charge in [-0.1, -0.05) is 18.2 Å². The molecule has 1 aromatic heterocycles. The van der Waals surface area contributed by atoms with Crippen molar-refractivity contribution >= 4 is 5.82 Å². The van der Waals surface area contributed by atoms with Gasteiger partial charge < -0.3 is 20.9 Å². The van der Waals surface area contributed by atoms with Crippen LogP contribution in [0, 0.1) is 0 Å². The van der Waals surface area contributed by atoms with Gasteiger partial charge in [-0.2, -0.15) is 0 Å². The molecule has 24 heavy (non-hydrogen) atoms. The third kappa shape index (κ3) is 5.51. The third-order valence-electron chi connectivity index (χ3n) is 4.17. The molecule has 0 bridgehead atoms. The van der Waals surface area contributed by atoms with Crippen LogP contribution in [-0.2, 0) is 6.42 Å². The number of nitrogens with one attached hydrogen (secondary N) is 1. The number of β-amino-alcohol motifs (C(OH)–C–C–N with tert-alkyl or cyclic N) is 1. The second kappa shape index (κ2) is 8.13. The van der Waals surface area contributed by atoms with E-state index in [4.69, 9.17) is 10.5 Å². The van der Waals surface area contributed by atoms with Crippen molar-refractivity contribution in [1.29, 1.82) is 0 Å². The minimum absolute atomic E-state index is 0.0812. The van der Waals surface area contributed by atoms with Gasteiger partial charge in [-0.05, 0) is 50.5 Å². The normalized spacial score (nSPS) is 12.8. The van der Waals surface area contributed by atoms with Gasteiger partial charge in [0.1, 0.15) is 11.6 Å². The van der Waals surface area contributed by atoms with E-state index in [9.17, 15) is 5.11 Å². The molecule has 2 rings (SSSR count). The Bertz CT molecular complexity index is 624. The molecule has 4 N–H and O–H groups in total. The SMILES string of the molecule is COc1ccc(CCC(C)(C)NCC(O)c2ccc(N)nc2)cc1. The Kier molecular flexibility index (Phi) is 6.17. The van der Waals surface area contributed by atoms with Crippen molar-refractivity contribution in [2.75, 3.05) is 19.4 Å². The van der Waals surface area contributed by atoms with Gasteiger partial charge >= 0.3 is 0 Å². The van der Waals surface area contributed by atoms with Gasteiger partial charge in [0, 0.05) is 23.8 Å². The Hall–Kier alpha value is -2.11. The number of pyridine rings is 1. The number of nitrogens with zero attached hydrogens (tertiary/aromatic N) is 1. The number of aromatic nitrogens is 1. The van der Waals surface area contributed by atoms with Crippen LogP contribution in [0.4, 0.5) is 5.82 Å². The molecule has 0 fully saturated rings. The van der Waals surface area contributed by atoms with Crippen LogP contribution in [0.1, 0.15) is 37.5 Å². The number of aryl methyl sites for hydroxylation is 1. The molecule has 0 spiro atoms. The first-order chi connectivity index (χ1) is 11.4. The summed E-state index contributed by atoms with van der Waals surface area (Å²) in [6, 6.07) is 11.6. The second-order valence-electron chi connectivity index (χ2n) is 6.65. The summed E-state index contributed by atoms with van der Waals surface area (Å²) in [4.78, 5) is 4.01. The minimum atomic E-state index is -0.599. The molecule has 0 amide bonds. The smallest absolute Gasteiger partial charge is 0.123 e. The van der Waals surface area contributed by atoms with Crippen LogP contribution in [0.3, 0.4) is 0 Å². The fourth-order valence-electron chi connectivity index (χ4n) is 2.44. The number of methoxy groups -OCH3 is 1. The summed E-state index contributed by atoms with van der Waals surface area (Å²) in [7, 11) is 1.67. The highest BCUT2D eigenvalue weighted by molar-refractivity contribution is 5.30. The quantitative estimate of drug-likeness (QED) is 0.694. The molecule has 1 unspecified atom stereocenters. The number of benzene rings is 1. The molecule has 0 saturated carbocycles. The summed E-state index contributed by atoms with van der Waals surface area (Å²) in [5.41, 5.74) is 7.52. The van der Waals surface area contributed by atoms with Gasteiger partial charge in [0.2, 0.25) is 0 Å². The van der Waals surface area contributed by atoms with E-state index in [0.717, 1.165) is 24.2 Å². The van der Waals surface area contributed by atoms with Crippen LogP contribution < -0.4 is 15.8 Å². The molecule has 0 aliphatic carbocycles. The average Bonchev–Trinajstić information content (AvgIpc) is 2.59. The summed E-state index contributed by atoms with van der Waals surface area (Å²) in [5, 5.41) is 13.7. The molecule has 0 saturated heterocycles. The zero-order valence-electron chi connectivity index (χ0n) is 14.6. The van der Waals surface area contributed by atoms with Crippen molar-refractivity contribution in [3.05, 3.63) is 53.7 Å². The molecule has 1 aromatic carbocycles. The van der Waals surface area contributed by atoms with Crippen LogP contribution in [0.2, 0.25) is 0 Å². The van der Waals surface area contributed by atoms with Crippen LogP contribution in [0.5, 0.6) is 5.75 Å². The lowest BCUT2D eigenvalue weighted by Crippen LogP contribution is -2.42. The van der Waals surface area contributed by atoms with Crippen molar-refractivity contribution in [3.63, 3.8) is 0 Å². The predicted octanol–water partition coefficient (Wildman–Crippen LogP) is 2.71. The van der Waals surface area contributed by atoms with E-state index in [1.807, 2.05) is 12.1 Å². The monoisotopic (exact) mass is 329 g/mol. The van der Waals surface area contributed by atoms with E-state index in [0.29, 0.717) is 12.4 Å². The number of hydrogen-bond donors (Lipinski definition) is 3. The largest absolute Gasteiger partial charge is 0.497 e. The Morgan fingerprint density at radius 1 is 1.21 bits per heavy atom. The molecule has 130 valence electrons. The summed E-state index contributed by atoms with van der Waals surface area (Å²) in [6.07, 6.45) is 2.94. The molecular formula is C19H27N3O2. The molecule has 0 radical (unpaired) electrons. The van der Waals surface area contributed by atoms with Gasteiger partial charge in [0.05, 0.1) is 13.2 Å². The highest BCUT2D eigenvalue weighted by atomic mass is 16.5. The maximum Gasteiger partial charge on any atom is 0.123 e. The molecule has 5 nitrogen and oxygen atoms in total. The number of aliphatic hydroxyl groups is 1. The van der Waals surface area contributed by atoms with Gasteiger partial charge in [-0.15, -0.1) is 0 Å². The molecule has 0 aliphatic heterocycles. The highest BCUT2D eigenvalue weighted by Crippen LogP contribution is 2.18. The minimum Gasteiger partial charge on any atom is -0.497 e. The number of ether oxygens (including phenoxy) is 1. The van der Waals surface area contributed by atoms with E-state index < -0.39 is 6.10 Å². The summed E-state index contributed by atoms with van der Waals surface area (Å²) < 4.78 is 5.18. The van der Waals surface area contributed by atoms with E-state index in [-0.39, 0.29) is 5.54 Å². The summed E-state index contributed by atoms with van der Waals surface area (Å²) in [6.45, 7) is 4.76. The van der Waals surface area contributed by atoms with Crippen LogP contribution >= 0.6 is 0 Å².